The monoisotopic (exact) mass is 432 g/mol. The van der Waals surface area contributed by atoms with Crippen LogP contribution in [0.25, 0.3) is 0 Å². The molecule has 12 heteroatoms. The Morgan fingerprint density at radius 3 is 2.86 bits per heavy atom. The van der Waals surface area contributed by atoms with Crippen molar-refractivity contribution in [2.45, 2.75) is 36.9 Å². The van der Waals surface area contributed by atoms with E-state index in [4.69, 9.17) is 0 Å². The minimum Gasteiger partial charge on any atom is -0.358 e. The zero-order valence-corrected chi connectivity index (χ0v) is 17.0. The highest BCUT2D eigenvalue weighted by atomic mass is 35.5. The van der Waals surface area contributed by atoms with Crippen LogP contribution in [-0.4, -0.2) is 49.0 Å². The molecule has 0 saturated carbocycles. The number of benzene rings is 1. The third-order valence-electron chi connectivity index (χ3n) is 4.42. The fraction of sp³-hybridized carbons (Fsp3) is 0.438. The summed E-state index contributed by atoms with van der Waals surface area (Å²) in [6, 6.07) is 3.58. The van der Waals surface area contributed by atoms with Crippen LogP contribution in [0.4, 0.5) is 4.39 Å². The molecule has 1 fully saturated rings. The number of likely N-dealkylation sites (N-methyl/N-ethyl adjacent to an activating group) is 1. The summed E-state index contributed by atoms with van der Waals surface area (Å²) in [5, 5.41) is 13.6. The van der Waals surface area contributed by atoms with E-state index < -0.39 is 20.7 Å². The number of carbonyl (C=O) groups is 1. The molecule has 2 aromatic rings. The molecule has 1 aliphatic rings. The van der Waals surface area contributed by atoms with Gasteiger partial charge in [-0.1, -0.05) is 11.3 Å². The van der Waals surface area contributed by atoms with Gasteiger partial charge in [0.25, 0.3) is 0 Å². The molecule has 0 aliphatic carbocycles. The predicted molar refractivity (Wildman–Crippen MR) is 102 cm³/mol. The molecule has 0 spiro atoms. The van der Waals surface area contributed by atoms with Crippen molar-refractivity contribution in [3.05, 3.63) is 41.5 Å². The highest BCUT2D eigenvalue weighted by molar-refractivity contribution is 7.89. The SMILES string of the molecule is CNC(=O)[C@@H]1C[C@H](n2cc(CNS(=O)(=O)c3ccc(C)cc3F)nn2)CN1.Cl. The van der Waals surface area contributed by atoms with Crippen LogP contribution in [-0.2, 0) is 21.4 Å². The Balaban J connectivity index is 0.00000280. The van der Waals surface area contributed by atoms with E-state index in [1.54, 1.807) is 24.9 Å². The zero-order chi connectivity index (χ0) is 19.6. The van der Waals surface area contributed by atoms with E-state index in [9.17, 15) is 17.6 Å². The third kappa shape index (κ3) is 4.85. The van der Waals surface area contributed by atoms with Crippen molar-refractivity contribution < 1.29 is 17.6 Å². The van der Waals surface area contributed by atoms with Crippen molar-refractivity contribution in [3.8, 4) is 0 Å². The molecular weight excluding hydrogens is 411 g/mol. The molecule has 28 heavy (non-hydrogen) atoms. The van der Waals surface area contributed by atoms with Gasteiger partial charge < -0.3 is 10.6 Å². The highest BCUT2D eigenvalue weighted by Gasteiger charge is 2.30. The van der Waals surface area contributed by atoms with Crippen LogP contribution in [0.2, 0.25) is 0 Å². The summed E-state index contributed by atoms with van der Waals surface area (Å²) in [5.74, 6) is -0.894. The Bertz CT molecular complexity index is 952. The van der Waals surface area contributed by atoms with Gasteiger partial charge in [-0.05, 0) is 31.0 Å². The standard InChI is InChI=1S/C16H21FN6O3S.ClH/c1-10-3-4-15(13(17)5-10)27(25,26)20-7-11-9-23(22-21-11)12-6-14(19-8-12)16(24)18-2;/h3-5,9,12,14,19-20H,6-8H2,1-2H3,(H,18,24);1H/t12-,14-;/m0./s1. The molecule has 2 heterocycles. The minimum absolute atomic E-state index is 0. The number of nitrogens with zero attached hydrogens (tertiary/aromatic N) is 3. The van der Waals surface area contributed by atoms with Gasteiger partial charge in [0.05, 0.1) is 30.5 Å². The Morgan fingerprint density at radius 2 is 2.18 bits per heavy atom. The molecule has 9 nitrogen and oxygen atoms in total. The van der Waals surface area contributed by atoms with Gasteiger partial charge in [0.1, 0.15) is 10.7 Å². The number of hydrogen-bond acceptors (Lipinski definition) is 6. The Morgan fingerprint density at radius 1 is 1.43 bits per heavy atom. The molecule has 0 unspecified atom stereocenters. The van der Waals surface area contributed by atoms with Crippen LogP contribution < -0.4 is 15.4 Å². The van der Waals surface area contributed by atoms with Gasteiger partial charge in [-0.15, -0.1) is 17.5 Å². The van der Waals surface area contributed by atoms with Crippen molar-refractivity contribution in [2.24, 2.45) is 0 Å². The molecule has 1 aliphatic heterocycles. The second kappa shape index (κ2) is 8.95. The number of hydrogen-bond donors (Lipinski definition) is 3. The highest BCUT2D eigenvalue weighted by Crippen LogP contribution is 2.19. The largest absolute Gasteiger partial charge is 0.358 e. The van der Waals surface area contributed by atoms with E-state index in [1.165, 1.54) is 18.2 Å². The van der Waals surface area contributed by atoms with Crippen molar-refractivity contribution in [2.75, 3.05) is 13.6 Å². The second-order valence-electron chi connectivity index (χ2n) is 6.41. The number of rotatable bonds is 6. The van der Waals surface area contributed by atoms with E-state index in [0.29, 0.717) is 24.2 Å². The topological polar surface area (TPSA) is 118 Å². The van der Waals surface area contributed by atoms with E-state index in [1.807, 2.05) is 0 Å². The van der Waals surface area contributed by atoms with Crippen molar-refractivity contribution in [1.82, 2.24) is 30.3 Å². The molecular formula is C16H22ClFN6O3S. The Kier molecular flexibility index (Phi) is 7.10. The first kappa shape index (κ1) is 22.2. The average molecular weight is 433 g/mol. The van der Waals surface area contributed by atoms with Gasteiger partial charge in [-0.2, -0.15) is 0 Å². The van der Waals surface area contributed by atoms with Crippen LogP contribution in [0.15, 0.2) is 29.3 Å². The third-order valence-corrected chi connectivity index (χ3v) is 5.86. The second-order valence-corrected chi connectivity index (χ2v) is 8.15. The first-order valence-corrected chi connectivity index (χ1v) is 9.90. The first-order chi connectivity index (χ1) is 12.8. The van der Waals surface area contributed by atoms with E-state index in [2.05, 4.69) is 25.7 Å². The molecule has 3 rings (SSSR count). The minimum atomic E-state index is -4.01. The Hall–Kier alpha value is -2.08. The van der Waals surface area contributed by atoms with E-state index in [0.717, 1.165) is 0 Å². The van der Waals surface area contributed by atoms with Gasteiger partial charge in [-0.3, -0.25) is 4.79 Å². The number of carbonyl (C=O) groups excluding carboxylic acids is 1. The van der Waals surface area contributed by atoms with Gasteiger partial charge in [0.15, 0.2) is 0 Å². The zero-order valence-electron chi connectivity index (χ0n) is 15.3. The fourth-order valence-electron chi connectivity index (χ4n) is 2.94. The molecule has 1 aromatic heterocycles. The number of amides is 1. The van der Waals surface area contributed by atoms with E-state index >= 15 is 0 Å². The molecule has 1 saturated heterocycles. The molecule has 1 aromatic carbocycles. The van der Waals surface area contributed by atoms with Crippen LogP contribution in [0, 0.1) is 12.7 Å². The summed E-state index contributed by atoms with van der Waals surface area (Å²) in [6.45, 7) is 2.12. The maximum atomic E-state index is 13.9. The van der Waals surface area contributed by atoms with Crippen LogP contribution >= 0.6 is 12.4 Å². The van der Waals surface area contributed by atoms with Crippen molar-refractivity contribution >= 4 is 28.3 Å². The van der Waals surface area contributed by atoms with Crippen LogP contribution in [0.5, 0.6) is 0 Å². The predicted octanol–water partition coefficient (Wildman–Crippen LogP) is 0.275. The first-order valence-electron chi connectivity index (χ1n) is 8.41. The summed E-state index contributed by atoms with van der Waals surface area (Å²) in [7, 11) is -2.43. The molecule has 0 bridgehead atoms. The summed E-state index contributed by atoms with van der Waals surface area (Å²) in [4.78, 5) is 11.3. The molecule has 0 radical (unpaired) electrons. The molecule has 2 atom stereocenters. The van der Waals surface area contributed by atoms with Crippen LogP contribution in [0.1, 0.15) is 23.7 Å². The molecule has 3 N–H and O–H groups in total. The van der Waals surface area contributed by atoms with E-state index in [-0.39, 0.29) is 36.9 Å². The summed E-state index contributed by atoms with van der Waals surface area (Å²) in [6.07, 6.45) is 2.18. The summed E-state index contributed by atoms with van der Waals surface area (Å²) >= 11 is 0. The number of nitrogens with one attached hydrogen (secondary N) is 3. The number of aromatic nitrogens is 3. The smallest absolute Gasteiger partial charge is 0.243 e. The van der Waals surface area contributed by atoms with Crippen molar-refractivity contribution in [1.29, 1.82) is 0 Å². The lowest BCUT2D eigenvalue weighted by atomic mass is 10.1. The number of sulfonamides is 1. The summed E-state index contributed by atoms with van der Waals surface area (Å²) < 4.78 is 42.4. The maximum Gasteiger partial charge on any atom is 0.243 e. The maximum absolute atomic E-state index is 13.9. The lowest BCUT2D eigenvalue weighted by Gasteiger charge is -2.09. The molecule has 154 valence electrons. The van der Waals surface area contributed by atoms with Gasteiger partial charge in [-0.25, -0.2) is 22.2 Å². The molecule has 1 amide bonds. The number of halogens is 2. The van der Waals surface area contributed by atoms with Gasteiger partial charge in [0.2, 0.25) is 15.9 Å². The van der Waals surface area contributed by atoms with Crippen molar-refractivity contribution in [3.63, 3.8) is 0 Å². The quantitative estimate of drug-likeness (QED) is 0.603. The Labute approximate surface area is 168 Å². The van der Waals surface area contributed by atoms with Crippen LogP contribution in [0.3, 0.4) is 0 Å². The fourth-order valence-corrected chi connectivity index (χ4v) is 3.99. The normalized spacial score (nSPS) is 19.2. The lowest BCUT2D eigenvalue weighted by Crippen LogP contribution is -2.38. The van der Waals surface area contributed by atoms with Gasteiger partial charge in [0, 0.05) is 13.6 Å². The average Bonchev–Trinajstić information content (AvgIpc) is 3.28. The lowest BCUT2D eigenvalue weighted by molar-refractivity contribution is -0.122. The summed E-state index contributed by atoms with van der Waals surface area (Å²) in [5.41, 5.74) is 1.03. The number of aryl methyl sites for hydroxylation is 1. The van der Waals surface area contributed by atoms with Gasteiger partial charge >= 0.3 is 0 Å².